The van der Waals surface area contributed by atoms with Crippen LogP contribution in [0.5, 0.6) is 5.75 Å². The molecule has 0 spiro atoms. The maximum absolute atomic E-state index is 12.9. The molecule has 2 N–H and O–H groups in total. The number of carbonyl (C=O) groups excluding carboxylic acids is 1. The van der Waals surface area contributed by atoms with Crippen molar-refractivity contribution >= 4 is 17.6 Å². The molecule has 0 aromatic heterocycles. The van der Waals surface area contributed by atoms with Crippen LogP contribution in [0.15, 0.2) is 60.7 Å². The highest BCUT2D eigenvalue weighted by Gasteiger charge is 2.53. The fourth-order valence-corrected chi connectivity index (χ4v) is 3.75. The first kappa shape index (κ1) is 17.3. The summed E-state index contributed by atoms with van der Waals surface area (Å²) in [7, 11) is 1.52. The molecule has 1 fully saturated rings. The van der Waals surface area contributed by atoms with Gasteiger partial charge in [0.1, 0.15) is 11.7 Å². The van der Waals surface area contributed by atoms with Gasteiger partial charge in [0.05, 0.1) is 30.9 Å². The molecule has 1 saturated heterocycles. The lowest BCUT2D eigenvalue weighted by molar-refractivity contribution is -0.145. The van der Waals surface area contributed by atoms with Gasteiger partial charge < -0.3 is 19.9 Å². The Balaban J connectivity index is 1.63. The van der Waals surface area contributed by atoms with Gasteiger partial charge in [-0.05, 0) is 23.3 Å². The minimum atomic E-state index is -1.03. The molecule has 6 heteroatoms. The van der Waals surface area contributed by atoms with Crippen LogP contribution in [0.3, 0.4) is 0 Å². The van der Waals surface area contributed by atoms with Crippen molar-refractivity contribution in [3.8, 4) is 16.9 Å². The molecule has 2 aromatic rings. The van der Waals surface area contributed by atoms with Crippen LogP contribution in [-0.4, -0.2) is 36.3 Å². The topological polar surface area (TPSA) is 84.9 Å². The van der Waals surface area contributed by atoms with Gasteiger partial charge in [0.2, 0.25) is 5.91 Å². The van der Waals surface area contributed by atoms with Gasteiger partial charge in [-0.15, -0.1) is 0 Å². The van der Waals surface area contributed by atoms with Crippen molar-refractivity contribution in [1.82, 2.24) is 0 Å². The van der Waals surface area contributed by atoms with Crippen LogP contribution < -0.4 is 10.1 Å². The second kappa shape index (κ2) is 6.89. The number of nitrogens with one attached hydrogen (secondary N) is 1. The predicted molar refractivity (Wildman–Crippen MR) is 99.5 cm³/mol. The maximum atomic E-state index is 12.9. The SMILES string of the molecule is COc1ccc(-c2ccccc2)cc1NC(=O)[C@H]1[C@@H](C(=O)O)[C@H]2C=C[C@H]1O2. The molecule has 2 aliphatic rings. The van der Waals surface area contributed by atoms with E-state index in [0.717, 1.165) is 11.1 Å². The van der Waals surface area contributed by atoms with Crippen molar-refractivity contribution in [2.24, 2.45) is 11.8 Å². The summed E-state index contributed by atoms with van der Waals surface area (Å²) in [5.41, 5.74) is 2.43. The molecule has 0 unspecified atom stereocenters. The Morgan fingerprint density at radius 2 is 1.70 bits per heavy atom. The van der Waals surface area contributed by atoms with Crippen molar-refractivity contribution in [3.05, 3.63) is 60.7 Å². The number of carboxylic acids is 1. The molecule has 138 valence electrons. The van der Waals surface area contributed by atoms with Crippen molar-refractivity contribution < 1.29 is 24.2 Å². The summed E-state index contributed by atoms with van der Waals surface area (Å²) in [6.45, 7) is 0. The second-order valence-corrected chi connectivity index (χ2v) is 6.61. The predicted octanol–water partition coefficient (Wildman–Crippen LogP) is 2.95. The molecule has 4 atom stereocenters. The van der Waals surface area contributed by atoms with Crippen LogP contribution in [0, 0.1) is 11.8 Å². The summed E-state index contributed by atoms with van der Waals surface area (Å²) in [4.78, 5) is 24.5. The van der Waals surface area contributed by atoms with Crippen LogP contribution in [0.2, 0.25) is 0 Å². The Morgan fingerprint density at radius 1 is 1.00 bits per heavy atom. The average Bonchev–Trinajstić information content (AvgIpc) is 3.30. The standard InChI is InChI=1S/C21H19NO5/c1-26-15-8-7-13(12-5-3-2-4-6-12)11-14(15)22-20(23)18-16-9-10-17(27-16)19(18)21(24)25/h2-11,16-19H,1H3,(H,22,23)(H,24,25)/t16-,17-,18-,19+/m1/s1. The molecule has 1 amide bonds. The quantitative estimate of drug-likeness (QED) is 0.796. The first-order valence-corrected chi connectivity index (χ1v) is 8.69. The molecule has 4 rings (SSSR count). The number of carboxylic acid groups (broad SMARTS) is 1. The highest BCUT2D eigenvalue weighted by molar-refractivity contribution is 5.98. The average molecular weight is 365 g/mol. The molecular formula is C21H19NO5. The normalized spacial score (nSPS) is 25.4. The largest absolute Gasteiger partial charge is 0.495 e. The van der Waals surface area contributed by atoms with Crippen LogP contribution in [0.4, 0.5) is 5.69 Å². The molecule has 6 nitrogen and oxygen atoms in total. The van der Waals surface area contributed by atoms with Crippen molar-refractivity contribution in [1.29, 1.82) is 0 Å². The fourth-order valence-electron chi connectivity index (χ4n) is 3.75. The highest BCUT2D eigenvalue weighted by atomic mass is 16.5. The number of fused-ring (bicyclic) bond motifs is 2. The van der Waals surface area contributed by atoms with Crippen molar-refractivity contribution in [2.75, 3.05) is 12.4 Å². The number of hydrogen-bond acceptors (Lipinski definition) is 4. The highest BCUT2D eigenvalue weighted by Crippen LogP contribution is 2.40. The Hall–Kier alpha value is -3.12. The summed E-state index contributed by atoms with van der Waals surface area (Å²) in [5.74, 6) is -2.57. The number of benzene rings is 2. The van der Waals surface area contributed by atoms with Gasteiger partial charge in [-0.1, -0.05) is 48.6 Å². The molecule has 2 aliphatic heterocycles. The number of anilines is 1. The van der Waals surface area contributed by atoms with Gasteiger partial charge in [0, 0.05) is 0 Å². The van der Waals surface area contributed by atoms with E-state index in [-0.39, 0.29) is 5.91 Å². The van der Waals surface area contributed by atoms with Crippen LogP contribution >= 0.6 is 0 Å². The van der Waals surface area contributed by atoms with Gasteiger partial charge in [-0.25, -0.2) is 0 Å². The number of ether oxygens (including phenoxy) is 2. The summed E-state index contributed by atoms with van der Waals surface area (Å²) in [6.07, 6.45) is 2.40. The van der Waals surface area contributed by atoms with Gasteiger partial charge in [0.25, 0.3) is 0 Å². The van der Waals surface area contributed by atoms with E-state index in [2.05, 4.69) is 5.32 Å². The third-order valence-corrected chi connectivity index (χ3v) is 5.05. The first-order chi connectivity index (χ1) is 13.1. The monoisotopic (exact) mass is 365 g/mol. The third-order valence-electron chi connectivity index (χ3n) is 5.05. The molecule has 2 bridgehead atoms. The molecule has 0 saturated carbocycles. The number of aliphatic carboxylic acids is 1. The fraction of sp³-hybridized carbons (Fsp3) is 0.238. The number of carbonyl (C=O) groups is 2. The Labute approximate surface area is 156 Å². The Morgan fingerprint density at radius 3 is 2.37 bits per heavy atom. The number of rotatable bonds is 5. The van der Waals surface area contributed by atoms with E-state index in [1.165, 1.54) is 7.11 Å². The van der Waals surface area contributed by atoms with Gasteiger partial charge in [-0.3, -0.25) is 9.59 Å². The summed E-state index contributed by atoms with van der Waals surface area (Å²) < 4.78 is 10.9. The zero-order valence-corrected chi connectivity index (χ0v) is 14.7. The molecular weight excluding hydrogens is 346 g/mol. The Bertz CT molecular complexity index is 908. The second-order valence-electron chi connectivity index (χ2n) is 6.61. The van der Waals surface area contributed by atoms with Gasteiger partial charge in [-0.2, -0.15) is 0 Å². The minimum Gasteiger partial charge on any atom is -0.495 e. The van der Waals surface area contributed by atoms with Crippen LogP contribution in [0.1, 0.15) is 0 Å². The zero-order valence-electron chi connectivity index (χ0n) is 14.7. The lowest BCUT2D eigenvalue weighted by Crippen LogP contribution is -2.39. The summed E-state index contributed by atoms with van der Waals surface area (Å²) >= 11 is 0. The lowest BCUT2D eigenvalue weighted by Gasteiger charge is -2.22. The van der Waals surface area contributed by atoms with E-state index in [4.69, 9.17) is 9.47 Å². The number of methoxy groups -OCH3 is 1. The van der Waals surface area contributed by atoms with E-state index >= 15 is 0 Å². The number of hydrogen-bond donors (Lipinski definition) is 2. The molecule has 2 heterocycles. The molecule has 27 heavy (non-hydrogen) atoms. The third kappa shape index (κ3) is 3.08. The molecule has 2 aromatic carbocycles. The maximum Gasteiger partial charge on any atom is 0.310 e. The number of amides is 1. The molecule has 0 aliphatic carbocycles. The first-order valence-electron chi connectivity index (χ1n) is 8.69. The minimum absolute atomic E-state index is 0.386. The van der Waals surface area contributed by atoms with E-state index in [0.29, 0.717) is 11.4 Å². The van der Waals surface area contributed by atoms with Crippen LogP contribution in [0.25, 0.3) is 11.1 Å². The zero-order chi connectivity index (χ0) is 19.0. The van der Waals surface area contributed by atoms with E-state index < -0.39 is 30.0 Å². The van der Waals surface area contributed by atoms with E-state index in [1.807, 2.05) is 42.5 Å². The smallest absolute Gasteiger partial charge is 0.310 e. The Kier molecular flexibility index (Phi) is 4.41. The van der Waals surface area contributed by atoms with Crippen molar-refractivity contribution in [3.63, 3.8) is 0 Å². The summed E-state index contributed by atoms with van der Waals surface area (Å²) in [5, 5.41) is 12.3. The van der Waals surface area contributed by atoms with Crippen molar-refractivity contribution in [2.45, 2.75) is 12.2 Å². The van der Waals surface area contributed by atoms with E-state index in [1.54, 1.807) is 18.2 Å². The summed E-state index contributed by atoms with van der Waals surface area (Å²) in [6, 6.07) is 15.3. The van der Waals surface area contributed by atoms with E-state index in [9.17, 15) is 14.7 Å². The molecule has 0 radical (unpaired) electrons. The van der Waals surface area contributed by atoms with Gasteiger partial charge >= 0.3 is 5.97 Å². The lowest BCUT2D eigenvalue weighted by atomic mass is 9.82. The van der Waals surface area contributed by atoms with Crippen LogP contribution in [-0.2, 0) is 14.3 Å². The van der Waals surface area contributed by atoms with Gasteiger partial charge in [0.15, 0.2) is 0 Å².